The standard InChI is InChI=1S/C13H12BrClN2O3/c1-20-12(19)13(7-3-6-10(13)18)17-16-9-5-2-4-8(15)11(9)14/h2,4-5H,3,6-7H2,1H3. The van der Waals surface area contributed by atoms with Crippen LogP contribution in [-0.4, -0.2) is 24.4 Å². The fourth-order valence-corrected chi connectivity index (χ4v) is 2.60. The molecule has 106 valence electrons. The minimum Gasteiger partial charge on any atom is -0.467 e. The molecule has 0 heterocycles. The Balaban J connectivity index is 2.38. The molecule has 20 heavy (non-hydrogen) atoms. The third-order valence-corrected chi connectivity index (χ3v) is 4.56. The van der Waals surface area contributed by atoms with Crippen molar-refractivity contribution in [2.75, 3.05) is 7.11 Å². The molecule has 1 aromatic carbocycles. The molecule has 0 aliphatic heterocycles. The van der Waals surface area contributed by atoms with E-state index in [4.69, 9.17) is 16.3 Å². The number of methoxy groups -OCH3 is 1. The molecule has 1 fully saturated rings. The first-order chi connectivity index (χ1) is 9.51. The molecule has 1 aliphatic rings. The molecule has 5 nitrogen and oxygen atoms in total. The van der Waals surface area contributed by atoms with Gasteiger partial charge in [0.25, 0.3) is 0 Å². The van der Waals surface area contributed by atoms with Crippen molar-refractivity contribution in [1.29, 1.82) is 0 Å². The molecule has 0 bridgehead atoms. The SMILES string of the molecule is COC(=O)C1(N=Nc2cccc(Cl)c2Br)CCCC1=O. The van der Waals surface area contributed by atoms with Gasteiger partial charge in [0.15, 0.2) is 5.78 Å². The van der Waals surface area contributed by atoms with Gasteiger partial charge in [-0.1, -0.05) is 17.7 Å². The van der Waals surface area contributed by atoms with E-state index >= 15 is 0 Å². The number of benzene rings is 1. The topological polar surface area (TPSA) is 68.1 Å². The summed E-state index contributed by atoms with van der Waals surface area (Å²) < 4.78 is 5.26. The first kappa shape index (κ1) is 15.1. The Morgan fingerprint density at radius 1 is 1.50 bits per heavy atom. The van der Waals surface area contributed by atoms with Crippen LogP contribution in [0.1, 0.15) is 19.3 Å². The van der Waals surface area contributed by atoms with Gasteiger partial charge in [0.1, 0.15) is 5.69 Å². The summed E-state index contributed by atoms with van der Waals surface area (Å²) >= 11 is 9.25. The molecule has 1 saturated carbocycles. The minimum atomic E-state index is -1.50. The number of halogens is 2. The van der Waals surface area contributed by atoms with Gasteiger partial charge in [0.2, 0.25) is 5.54 Å². The number of ketones is 1. The maximum Gasteiger partial charge on any atom is 0.343 e. The van der Waals surface area contributed by atoms with Crippen LogP contribution in [0.25, 0.3) is 0 Å². The van der Waals surface area contributed by atoms with E-state index in [1.807, 2.05) is 0 Å². The summed E-state index contributed by atoms with van der Waals surface area (Å²) in [6, 6.07) is 5.09. The number of hydrogen-bond donors (Lipinski definition) is 0. The average molecular weight is 360 g/mol. The van der Waals surface area contributed by atoms with E-state index in [0.29, 0.717) is 34.4 Å². The Hall–Kier alpha value is -1.27. The van der Waals surface area contributed by atoms with E-state index < -0.39 is 11.5 Å². The van der Waals surface area contributed by atoms with Gasteiger partial charge in [-0.25, -0.2) is 4.79 Å². The van der Waals surface area contributed by atoms with Gasteiger partial charge in [-0.3, -0.25) is 4.79 Å². The number of hydrogen-bond acceptors (Lipinski definition) is 5. The second-order valence-corrected chi connectivity index (χ2v) is 5.60. The zero-order valence-corrected chi connectivity index (χ0v) is 13.1. The molecule has 1 unspecified atom stereocenters. The maximum atomic E-state index is 12.0. The number of ether oxygens (including phenoxy) is 1. The van der Waals surface area contributed by atoms with Crippen molar-refractivity contribution in [3.63, 3.8) is 0 Å². The highest BCUT2D eigenvalue weighted by atomic mass is 79.9. The van der Waals surface area contributed by atoms with Crippen molar-refractivity contribution in [2.24, 2.45) is 10.2 Å². The van der Waals surface area contributed by atoms with Gasteiger partial charge in [0, 0.05) is 6.42 Å². The van der Waals surface area contributed by atoms with Crippen LogP contribution in [-0.2, 0) is 14.3 Å². The first-order valence-electron chi connectivity index (χ1n) is 6.00. The Morgan fingerprint density at radius 3 is 2.85 bits per heavy atom. The lowest BCUT2D eigenvalue weighted by Crippen LogP contribution is -2.41. The van der Waals surface area contributed by atoms with Crippen LogP contribution >= 0.6 is 27.5 Å². The van der Waals surface area contributed by atoms with Crippen molar-refractivity contribution >= 4 is 45.0 Å². The van der Waals surface area contributed by atoms with Crippen LogP contribution < -0.4 is 0 Å². The Kier molecular flexibility index (Phi) is 4.55. The molecule has 0 amide bonds. The quantitative estimate of drug-likeness (QED) is 0.467. The second-order valence-electron chi connectivity index (χ2n) is 4.40. The molecular weight excluding hydrogens is 348 g/mol. The van der Waals surface area contributed by atoms with Crippen molar-refractivity contribution in [2.45, 2.75) is 24.8 Å². The summed E-state index contributed by atoms with van der Waals surface area (Å²) in [5.41, 5.74) is -1.04. The van der Waals surface area contributed by atoms with Crippen LogP contribution in [0.4, 0.5) is 5.69 Å². The van der Waals surface area contributed by atoms with Crippen LogP contribution in [0, 0.1) is 0 Å². The summed E-state index contributed by atoms with van der Waals surface area (Å²) in [7, 11) is 1.24. The van der Waals surface area contributed by atoms with Crippen molar-refractivity contribution in [1.82, 2.24) is 0 Å². The van der Waals surface area contributed by atoms with E-state index in [9.17, 15) is 9.59 Å². The number of azo groups is 1. The molecule has 1 aromatic rings. The van der Waals surface area contributed by atoms with E-state index in [0.717, 1.165) is 0 Å². The molecule has 1 aliphatic carbocycles. The predicted molar refractivity (Wildman–Crippen MR) is 77.3 cm³/mol. The molecule has 0 saturated heterocycles. The number of nitrogens with zero attached hydrogens (tertiary/aromatic N) is 2. The summed E-state index contributed by atoms with van der Waals surface area (Å²) in [5, 5.41) is 8.48. The highest BCUT2D eigenvalue weighted by molar-refractivity contribution is 9.10. The predicted octanol–water partition coefficient (Wildman–Crippen LogP) is 3.85. The molecule has 0 N–H and O–H groups in total. The van der Waals surface area contributed by atoms with Gasteiger partial charge in [-0.2, -0.15) is 10.2 Å². The lowest BCUT2D eigenvalue weighted by Gasteiger charge is -2.17. The van der Waals surface area contributed by atoms with E-state index in [1.165, 1.54) is 7.11 Å². The van der Waals surface area contributed by atoms with E-state index in [1.54, 1.807) is 18.2 Å². The summed E-state index contributed by atoms with van der Waals surface area (Å²) in [6.45, 7) is 0. The average Bonchev–Trinajstić information content (AvgIpc) is 2.82. The number of carbonyl (C=O) groups excluding carboxylic acids is 2. The van der Waals surface area contributed by atoms with Gasteiger partial charge in [0.05, 0.1) is 16.6 Å². The zero-order valence-electron chi connectivity index (χ0n) is 10.7. The van der Waals surface area contributed by atoms with E-state index in [2.05, 4.69) is 26.2 Å². The highest BCUT2D eigenvalue weighted by Crippen LogP contribution is 2.36. The first-order valence-corrected chi connectivity index (χ1v) is 7.17. The van der Waals surface area contributed by atoms with Crippen LogP contribution in [0.15, 0.2) is 32.9 Å². The third-order valence-electron chi connectivity index (χ3n) is 3.19. The summed E-state index contributed by atoms with van der Waals surface area (Å²) in [4.78, 5) is 23.9. The number of esters is 1. The number of rotatable bonds is 3. The normalized spacial score (nSPS) is 22.4. The zero-order chi connectivity index (χ0) is 14.8. The third kappa shape index (κ3) is 2.62. The van der Waals surface area contributed by atoms with Crippen molar-refractivity contribution in [3.05, 3.63) is 27.7 Å². The maximum absolute atomic E-state index is 12.0. The van der Waals surface area contributed by atoms with Gasteiger partial charge in [-0.15, -0.1) is 0 Å². The molecule has 0 spiro atoms. The lowest BCUT2D eigenvalue weighted by atomic mass is 9.98. The Labute approximate surface area is 129 Å². The fraction of sp³-hybridized carbons (Fsp3) is 0.385. The molecule has 1 atom stereocenters. The lowest BCUT2D eigenvalue weighted by molar-refractivity contribution is -0.150. The monoisotopic (exact) mass is 358 g/mol. The van der Waals surface area contributed by atoms with Crippen molar-refractivity contribution < 1.29 is 14.3 Å². The van der Waals surface area contributed by atoms with Crippen LogP contribution in [0.2, 0.25) is 5.02 Å². The summed E-state index contributed by atoms with van der Waals surface area (Å²) in [5.74, 6) is -0.923. The van der Waals surface area contributed by atoms with Crippen LogP contribution in [0.3, 0.4) is 0 Å². The van der Waals surface area contributed by atoms with Gasteiger partial charge < -0.3 is 4.74 Å². The second kappa shape index (κ2) is 6.01. The fourth-order valence-electron chi connectivity index (χ4n) is 2.09. The largest absolute Gasteiger partial charge is 0.467 e. The number of carbonyl (C=O) groups is 2. The molecular formula is C13H12BrClN2O3. The van der Waals surface area contributed by atoms with Gasteiger partial charge >= 0.3 is 5.97 Å². The smallest absolute Gasteiger partial charge is 0.343 e. The van der Waals surface area contributed by atoms with Crippen LogP contribution in [0.5, 0.6) is 0 Å². The summed E-state index contributed by atoms with van der Waals surface area (Å²) in [6.07, 6.45) is 1.23. The highest BCUT2D eigenvalue weighted by Gasteiger charge is 2.50. The van der Waals surface area contributed by atoms with Crippen molar-refractivity contribution in [3.8, 4) is 0 Å². The Bertz CT molecular complexity index is 591. The molecule has 7 heteroatoms. The van der Waals surface area contributed by atoms with E-state index in [-0.39, 0.29) is 5.78 Å². The minimum absolute atomic E-state index is 0.258. The molecule has 2 rings (SSSR count). The Morgan fingerprint density at radius 2 is 2.25 bits per heavy atom. The molecule has 0 radical (unpaired) electrons. The molecule has 0 aromatic heterocycles. The number of Topliss-reactive ketones (excluding diaryl/α,β-unsaturated/α-hetero) is 1. The van der Waals surface area contributed by atoms with Gasteiger partial charge in [-0.05, 0) is 40.9 Å².